The van der Waals surface area contributed by atoms with Crippen LogP contribution < -0.4 is 4.65 Å². The van der Waals surface area contributed by atoms with Gasteiger partial charge in [0.05, 0.1) is 12.2 Å². The molecule has 0 fully saturated rings. The number of aliphatic hydroxyl groups excluding tert-OH is 1. The Morgan fingerprint density at radius 3 is 2.88 bits per heavy atom. The predicted octanol–water partition coefficient (Wildman–Crippen LogP) is 2.83. The lowest BCUT2D eigenvalue weighted by Crippen LogP contribution is -2.48. The summed E-state index contributed by atoms with van der Waals surface area (Å²) in [6.45, 7) is 3.34. The second-order valence-corrected chi connectivity index (χ2v) is 5.70. The van der Waals surface area contributed by atoms with Gasteiger partial charge in [-0.05, 0) is 19.9 Å². The molecular formula is C17H18N2O5. The van der Waals surface area contributed by atoms with Crippen LogP contribution in [0.3, 0.4) is 0 Å². The fourth-order valence-electron chi connectivity index (χ4n) is 2.88. The monoisotopic (exact) mass is 330 g/mol. The van der Waals surface area contributed by atoms with E-state index in [1.807, 2.05) is 0 Å². The molecule has 1 aromatic heterocycles. The van der Waals surface area contributed by atoms with E-state index < -0.39 is 10.6 Å². The van der Waals surface area contributed by atoms with Gasteiger partial charge in [-0.2, -0.15) is 0 Å². The molecule has 1 N–H and O–H groups in total. The number of aromatic nitrogens is 1. The smallest absolute Gasteiger partial charge is 0.343 e. The van der Waals surface area contributed by atoms with E-state index in [-0.39, 0.29) is 31.0 Å². The van der Waals surface area contributed by atoms with Gasteiger partial charge in [-0.3, -0.25) is 0 Å². The first kappa shape index (κ1) is 16.2. The van der Waals surface area contributed by atoms with Crippen LogP contribution in [0, 0.1) is 12.1 Å². The summed E-state index contributed by atoms with van der Waals surface area (Å²) in [6, 6.07) is 8.37. The third-order valence-corrected chi connectivity index (χ3v) is 3.91. The number of aryl methyl sites for hydroxylation is 1. The molecule has 1 atom stereocenters. The molecule has 1 aromatic carbocycles. The number of para-hydroxylation sites is 1. The van der Waals surface area contributed by atoms with Crippen LogP contribution in [0.4, 0.5) is 5.69 Å². The van der Waals surface area contributed by atoms with Crippen LogP contribution >= 0.6 is 0 Å². The zero-order chi connectivity index (χ0) is 17.3. The van der Waals surface area contributed by atoms with E-state index >= 15 is 0 Å². The van der Waals surface area contributed by atoms with Gasteiger partial charge in [0.2, 0.25) is 0 Å². The number of carbonyl (C=O) groups excluding carboxylic acids is 1. The summed E-state index contributed by atoms with van der Waals surface area (Å²) >= 11 is 0. The third kappa shape index (κ3) is 2.79. The largest absolute Gasteiger partial charge is 0.627 e. The van der Waals surface area contributed by atoms with Crippen molar-refractivity contribution in [2.45, 2.75) is 20.4 Å². The van der Waals surface area contributed by atoms with E-state index in [0.29, 0.717) is 22.7 Å². The highest BCUT2D eigenvalue weighted by molar-refractivity contribution is 5.99. The zero-order valence-corrected chi connectivity index (χ0v) is 13.5. The summed E-state index contributed by atoms with van der Waals surface area (Å²) in [7, 11) is 0. The van der Waals surface area contributed by atoms with Gasteiger partial charge >= 0.3 is 5.97 Å². The number of quaternary nitrogens is 1. The van der Waals surface area contributed by atoms with E-state index in [1.165, 1.54) is 0 Å². The molecule has 126 valence electrons. The normalized spacial score (nSPS) is 20.0. The number of aliphatic hydroxyl groups is 1. The average molecular weight is 330 g/mol. The molecule has 7 nitrogen and oxygen atoms in total. The summed E-state index contributed by atoms with van der Waals surface area (Å²) in [5.74, 6) is -0.282. The van der Waals surface area contributed by atoms with Crippen molar-refractivity contribution >= 4 is 17.4 Å². The van der Waals surface area contributed by atoms with Gasteiger partial charge in [0, 0.05) is 12.1 Å². The number of fused-ring (bicyclic) bond motifs is 1. The molecular weight excluding hydrogens is 312 g/mol. The van der Waals surface area contributed by atoms with Gasteiger partial charge in [-0.1, -0.05) is 17.3 Å². The molecule has 3 rings (SSSR count). The summed E-state index contributed by atoms with van der Waals surface area (Å²) in [4.78, 5) is 12.1. The quantitative estimate of drug-likeness (QED) is 0.526. The van der Waals surface area contributed by atoms with E-state index in [2.05, 4.69) is 5.16 Å². The lowest BCUT2D eigenvalue weighted by atomic mass is 9.99. The van der Waals surface area contributed by atoms with E-state index in [4.69, 9.17) is 9.26 Å². The summed E-state index contributed by atoms with van der Waals surface area (Å²) < 4.78 is 9.15. The minimum Gasteiger partial charge on any atom is -0.627 e. The molecule has 0 aliphatic carbocycles. The molecule has 0 radical (unpaired) electrons. The van der Waals surface area contributed by atoms with Crippen LogP contribution in [0.2, 0.25) is 0 Å². The number of esters is 1. The molecule has 0 spiro atoms. The molecule has 0 saturated carbocycles. The van der Waals surface area contributed by atoms with Crippen LogP contribution in [-0.4, -0.2) is 29.4 Å². The minimum atomic E-state index is -0.847. The Bertz CT molecular complexity index is 811. The van der Waals surface area contributed by atoms with Crippen molar-refractivity contribution in [3.63, 3.8) is 0 Å². The first-order valence-electron chi connectivity index (χ1n) is 7.64. The highest BCUT2D eigenvalue weighted by Gasteiger charge is 2.37. The maximum Gasteiger partial charge on any atom is 0.343 e. The number of hydrogen-bond acceptors (Lipinski definition) is 6. The number of nitrogens with zero attached hydrogens (tertiary/aromatic N) is 2. The van der Waals surface area contributed by atoms with Crippen molar-refractivity contribution in [3.05, 3.63) is 58.1 Å². The fraction of sp³-hybridized carbons (Fsp3) is 0.294. The van der Waals surface area contributed by atoms with E-state index in [1.54, 1.807) is 44.2 Å². The van der Waals surface area contributed by atoms with Crippen LogP contribution in [0.5, 0.6) is 0 Å². The molecule has 0 saturated heterocycles. The van der Waals surface area contributed by atoms with Gasteiger partial charge in [0.15, 0.2) is 0 Å². The van der Waals surface area contributed by atoms with Crippen molar-refractivity contribution in [1.29, 1.82) is 0 Å². The summed E-state index contributed by atoms with van der Waals surface area (Å²) in [5.41, 5.74) is 1.18. The van der Waals surface area contributed by atoms with Crippen molar-refractivity contribution in [1.82, 2.24) is 9.80 Å². The highest BCUT2D eigenvalue weighted by atomic mass is 16.6. The second kappa shape index (κ2) is 6.10. The molecule has 1 unspecified atom stereocenters. The first-order chi connectivity index (χ1) is 11.4. The number of hydrogen-bond donors (Lipinski definition) is 1. The van der Waals surface area contributed by atoms with E-state index in [9.17, 15) is 15.1 Å². The maximum atomic E-state index is 13.5. The number of ether oxygens (including phenoxy) is 1. The molecule has 1 aliphatic rings. The Balaban J connectivity index is 2.06. The minimum absolute atomic E-state index is 0.00939. The summed E-state index contributed by atoms with van der Waals surface area (Å²) in [6.07, 6.45) is 0. The highest BCUT2D eigenvalue weighted by Crippen LogP contribution is 2.39. The van der Waals surface area contributed by atoms with Crippen LogP contribution in [0.15, 0.2) is 40.4 Å². The number of carbonyl (C=O) groups is 1. The maximum absolute atomic E-state index is 13.5. The van der Waals surface area contributed by atoms with Gasteiger partial charge < -0.3 is 24.2 Å². The Kier molecular flexibility index (Phi) is 4.13. The van der Waals surface area contributed by atoms with Crippen molar-refractivity contribution in [2.24, 2.45) is 0 Å². The second-order valence-electron chi connectivity index (χ2n) is 5.70. The Hall–Kier alpha value is -2.64. The number of rotatable bonds is 4. The molecule has 0 bridgehead atoms. The molecule has 2 aromatic rings. The molecule has 2 heterocycles. The van der Waals surface area contributed by atoms with Gasteiger partial charge in [-0.15, -0.1) is 0 Å². The topological polar surface area (TPSA) is 95.6 Å². The van der Waals surface area contributed by atoms with Crippen molar-refractivity contribution < 1.29 is 19.2 Å². The number of benzene rings is 1. The van der Waals surface area contributed by atoms with Crippen LogP contribution in [0.1, 0.15) is 23.9 Å². The van der Waals surface area contributed by atoms with Gasteiger partial charge in [0.1, 0.15) is 41.6 Å². The van der Waals surface area contributed by atoms with Crippen LogP contribution in [0.25, 0.3) is 5.76 Å². The fourth-order valence-corrected chi connectivity index (χ4v) is 2.88. The SMILES string of the molecule is CCOC(=O)C1=C(O)c2ccccc2[N+]([O-])(Cc2cc(C)on2)C1. The van der Waals surface area contributed by atoms with Crippen molar-refractivity contribution in [3.8, 4) is 0 Å². The Morgan fingerprint density at radius 2 is 2.21 bits per heavy atom. The van der Waals surface area contributed by atoms with E-state index in [0.717, 1.165) is 0 Å². The average Bonchev–Trinajstić information content (AvgIpc) is 2.96. The molecule has 1 aliphatic heterocycles. The van der Waals surface area contributed by atoms with Crippen LogP contribution in [-0.2, 0) is 16.1 Å². The number of hydroxylamine groups is 2. The standard InChI is InChI=1S/C17H18N2O5/c1-3-23-17(21)14-10-19(22,9-12-8-11(2)24-18-12)15-7-5-4-6-13(15)16(14)20/h4-8,20H,3,9-10H2,1-2H3. The Labute approximate surface area is 138 Å². The molecule has 7 heteroatoms. The van der Waals surface area contributed by atoms with Gasteiger partial charge in [0.25, 0.3) is 0 Å². The first-order valence-corrected chi connectivity index (χ1v) is 7.64. The predicted molar refractivity (Wildman–Crippen MR) is 87.6 cm³/mol. The Morgan fingerprint density at radius 1 is 1.46 bits per heavy atom. The molecule has 0 amide bonds. The van der Waals surface area contributed by atoms with Crippen molar-refractivity contribution in [2.75, 3.05) is 13.2 Å². The van der Waals surface area contributed by atoms with Gasteiger partial charge in [-0.25, -0.2) is 4.79 Å². The lowest BCUT2D eigenvalue weighted by molar-refractivity contribution is -0.138. The lowest BCUT2D eigenvalue weighted by Gasteiger charge is -2.44. The molecule has 24 heavy (non-hydrogen) atoms. The third-order valence-electron chi connectivity index (χ3n) is 3.91. The summed E-state index contributed by atoms with van der Waals surface area (Å²) in [5, 5.41) is 27.8. The zero-order valence-electron chi connectivity index (χ0n) is 13.5.